The average molecular weight is 339 g/mol. The Morgan fingerprint density at radius 1 is 1.25 bits per heavy atom. The summed E-state index contributed by atoms with van der Waals surface area (Å²) in [6, 6.07) is 11.3. The Morgan fingerprint density at radius 3 is 2.58 bits per heavy atom. The molecule has 2 heterocycles. The van der Waals surface area contributed by atoms with E-state index in [1.807, 2.05) is 38.1 Å². The van der Waals surface area contributed by atoms with Crippen LogP contribution >= 0.6 is 11.9 Å². The van der Waals surface area contributed by atoms with Crippen LogP contribution in [-0.4, -0.2) is 9.97 Å². The predicted molar refractivity (Wildman–Crippen MR) is 98.2 cm³/mol. The third kappa shape index (κ3) is 3.56. The lowest BCUT2D eigenvalue weighted by atomic mass is 10.1. The number of pyridine rings is 2. The van der Waals surface area contributed by atoms with Gasteiger partial charge in [0, 0.05) is 28.4 Å². The summed E-state index contributed by atoms with van der Waals surface area (Å²) < 4.78 is 0. The lowest BCUT2D eigenvalue weighted by molar-refractivity contribution is 1.23. The lowest BCUT2D eigenvalue weighted by Gasteiger charge is -2.11. The zero-order chi connectivity index (χ0) is 17.5. The second kappa shape index (κ2) is 8.15. The van der Waals surface area contributed by atoms with Crippen LogP contribution in [0, 0.1) is 11.3 Å². The number of aromatic amines is 1. The summed E-state index contributed by atoms with van der Waals surface area (Å²) in [5.74, 6) is 0. The topological polar surface area (TPSA) is 108 Å². The van der Waals surface area contributed by atoms with Gasteiger partial charge in [0.05, 0.1) is 11.3 Å². The Balaban J connectivity index is 0.00000100. The predicted octanol–water partition coefficient (Wildman–Crippen LogP) is 3.53. The zero-order valence-electron chi connectivity index (χ0n) is 13.3. The van der Waals surface area contributed by atoms with Crippen molar-refractivity contribution >= 4 is 34.2 Å². The van der Waals surface area contributed by atoms with Crippen molar-refractivity contribution in [1.29, 1.82) is 5.26 Å². The summed E-state index contributed by atoms with van der Waals surface area (Å²) in [5.41, 5.74) is 1.72. The molecule has 0 saturated carbocycles. The van der Waals surface area contributed by atoms with Gasteiger partial charge in [0.2, 0.25) is 0 Å². The molecule has 0 fully saturated rings. The van der Waals surface area contributed by atoms with Crippen molar-refractivity contribution in [3.05, 3.63) is 58.6 Å². The fourth-order valence-corrected chi connectivity index (χ4v) is 2.41. The summed E-state index contributed by atoms with van der Waals surface area (Å²) in [4.78, 5) is 19.4. The quantitative estimate of drug-likeness (QED) is 0.630. The number of rotatable bonds is 3. The number of benzene rings is 1. The maximum atomic E-state index is 11.8. The van der Waals surface area contributed by atoms with E-state index in [0.29, 0.717) is 16.6 Å². The second-order valence-electron chi connectivity index (χ2n) is 4.49. The smallest absolute Gasteiger partial charge is 0.274 e. The van der Waals surface area contributed by atoms with Crippen LogP contribution in [0.5, 0.6) is 0 Å². The number of anilines is 2. The van der Waals surface area contributed by atoms with Crippen molar-refractivity contribution in [2.45, 2.75) is 18.7 Å². The third-order valence-corrected chi connectivity index (χ3v) is 3.72. The molecule has 122 valence electrons. The summed E-state index contributed by atoms with van der Waals surface area (Å²) in [5, 5.41) is 18.5. The highest BCUT2D eigenvalue weighted by molar-refractivity contribution is 7.97. The van der Waals surface area contributed by atoms with E-state index in [2.05, 4.69) is 21.4 Å². The third-order valence-electron chi connectivity index (χ3n) is 3.18. The van der Waals surface area contributed by atoms with E-state index in [-0.39, 0.29) is 11.1 Å². The van der Waals surface area contributed by atoms with Gasteiger partial charge >= 0.3 is 0 Å². The minimum atomic E-state index is -0.292. The highest BCUT2D eigenvalue weighted by Crippen LogP contribution is 2.27. The fraction of sp³-hybridized carbons (Fsp3) is 0.118. The highest BCUT2D eigenvalue weighted by atomic mass is 32.2. The van der Waals surface area contributed by atoms with Crippen LogP contribution in [0.1, 0.15) is 19.4 Å². The van der Waals surface area contributed by atoms with E-state index in [1.54, 1.807) is 6.07 Å². The molecule has 0 saturated heterocycles. The molecule has 0 spiro atoms. The van der Waals surface area contributed by atoms with Crippen LogP contribution in [0.4, 0.5) is 11.4 Å². The van der Waals surface area contributed by atoms with Gasteiger partial charge in [0.25, 0.3) is 5.56 Å². The van der Waals surface area contributed by atoms with Crippen molar-refractivity contribution < 1.29 is 0 Å². The van der Waals surface area contributed by atoms with Gasteiger partial charge in [0.1, 0.15) is 11.6 Å². The number of hydrogen-bond acceptors (Lipinski definition) is 6. The average Bonchev–Trinajstić information content (AvgIpc) is 2.65. The van der Waals surface area contributed by atoms with Gasteiger partial charge in [-0.2, -0.15) is 5.26 Å². The van der Waals surface area contributed by atoms with Crippen molar-refractivity contribution in [2.24, 2.45) is 5.14 Å². The Morgan fingerprint density at radius 2 is 1.96 bits per heavy atom. The first kappa shape index (κ1) is 17.5. The zero-order valence-corrected chi connectivity index (χ0v) is 14.1. The number of nitriles is 1. The molecular formula is C17H17N5OS. The van der Waals surface area contributed by atoms with Crippen molar-refractivity contribution in [3.63, 3.8) is 0 Å². The van der Waals surface area contributed by atoms with Gasteiger partial charge in [-0.05, 0) is 42.3 Å². The maximum absolute atomic E-state index is 11.8. The molecule has 24 heavy (non-hydrogen) atoms. The fourth-order valence-electron chi connectivity index (χ4n) is 2.12. The van der Waals surface area contributed by atoms with Crippen LogP contribution in [-0.2, 0) is 0 Å². The maximum Gasteiger partial charge on any atom is 0.274 e. The van der Waals surface area contributed by atoms with Gasteiger partial charge in [-0.1, -0.05) is 13.8 Å². The largest absolute Gasteiger partial charge is 0.354 e. The van der Waals surface area contributed by atoms with Gasteiger partial charge in [-0.15, -0.1) is 0 Å². The Hall–Kier alpha value is -2.82. The number of H-pyrrole nitrogens is 1. The van der Waals surface area contributed by atoms with Gasteiger partial charge < -0.3 is 10.3 Å². The van der Waals surface area contributed by atoms with Crippen molar-refractivity contribution in [2.75, 3.05) is 5.32 Å². The molecule has 0 amide bonds. The molecule has 0 bridgehead atoms. The number of hydrogen-bond donors (Lipinski definition) is 3. The van der Waals surface area contributed by atoms with Crippen LogP contribution in [0.2, 0.25) is 0 Å². The molecule has 3 rings (SSSR count). The van der Waals surface area contributed by atoms with Crippen LogP contribution in [0.25, 0.3) is 10.9 Å². The van der Waals surface area contributed by atoms with Crippen LogP contribution < -0.4 is 16.0 Å². The molecule has 0 aliphatic heterocycles. The Bertz CT molecular complexity index is 928. The molecule has 7 heteroatoms. The molecular weight excluding hydrogens is 322 g/mol. The Kier molecular flexibility index (Phi) is 5.95. The van der Waals surface area contributed by atoms with E-state index in [0.717, 1.165) is 22.5 Å². The van der Waals surface area contributed by atoms with E-state index in [1.165, 1.54) is 12.4 Å². The molecule has 3 aromatic rings. The SMILES string of the molecule is CC.N#Cc1cnc2c(=O)[nH]ccc2c1Nc1ccc(SN)cc1. The highest BCUT2D eigenvalue weighted by Gasteiger charge is 2.11. The monoisotopic (exact) mass is 339 g/mol. The summed E-state index contributed by atoms with van der Waals surface area (Å²) in [6.07, 6.45) is 2.93. The lowest BCUT2D eigenvalue weighted by Crippen LogP contribution is -2.08. The molecule has 6 nitrogen and oxygen atoms in total. The first-order chi connectivity index (χ1) is 11.7. The van der Waals surface area contributed by atoms with Gasteiger partial charge in [0.15, 0.2) is 0 Å². The molecule has 0 unspecified atom stereocenters. The van der Waals surface area contributed by atoms with Gasteiger partial charge in [-0.3, -0.25) is 9.93 Å². The number of aromatic nitrogens is 2. The van der Waals surface area contributed by atoms with Crippen molar-refractivity contribution in [1.82, 2.24) is 9.97 Å². The number of nitrogens with one attached hydrogen (secondary N) is 2. The number of nitrogens with two attached hydrogens (primary N) is 1. The van der Waals surface area contributed by atoms with Crippen LogP contribution in [0.15, 0.2) is 52.4 Å². The molecule has 1 aromatic carbocycles. The minimum Gasteiger partial charge on any atom is -0.354 e. The van der Waals surface area contributed by atoms with Crippen molar-refractivity contribution in [3.8, 4) is 6.07 Å². The normalized spacial score (nSPS) is 9.75. The molecule has 0 aliphatic rings. The van der Waals surface area contributed by atoms with E-state index < -0.39 is 0 Å². The van der Waals surface area contributed by atoms with E-state index in [4.69, 9.17) is 5.14 Å². The number of nitrogens with zero attached hydrogens (tertiary/aromatic N) is 2. The molecule has 0 aliphatic carbocycles. The standard InChI is InChI=1S/C15H11N5OS.C2H6/c16-7-9-8-19-14-12(5-6-18-15(14)21)13(9)20-10-1-3-11(22-17)4-2-10;1-2/h1-6,8H,17H2,(H,18,21)(H,19,20);1-2H3. The summed E-state index contributed by atoms with van der Waals surface area (Å²) in [7, 11) is 0. The van der Waals surface area contributed by atoms with E-state index in [9.17, 15) is 10.1 Å². The summed E-state index contributed by atoms with van der Waals surface area (Å²) >= 11 is 1.16. The number of fused-ring (bicyclic) bond motifs is 1. The van der Waals surface area contributed by atoms with Crippen LogP contribution in [0.3, 0.4) is 0 Å². The van der Waals surface area contributed by atoms with E-state index >= 15 is 0 Å². The second-order valence-corrected chi connectivity index (χ2v) is 5.20. The molecule has 0 atom stereocenters. The van der Waals surface area contributed by atoms with Gasteiger partial charge in [-0.25, -0.2) is 4.98 Å². The Labute approximate surface area is 143 Å². The molecule has 4 N–H and O–H groups in total. The molecule has 2 aromatic heterocycles. The first-order valence-electron chi connectivity index (χ1n) is 7.37. The molecule has 0 radical (unpaired) electrons. The summed E-state index contributed by atoms with van der Waals surface area (Å²) in [6.45, 7) is 4.00. The first-order valence-corrected chi connectivity index (χ1v) is 8.25. The minimum absolute atomic E-state index is 0.290.